The second-order valence-corrected chi connectivity index (χ2v) is 2.92. The number of nitrogens with one attached hydrogen (secondary N) is 1. The van der Waals surface area contributed by atoms with Gasteiger partial charge in [-0.05, 0) is 12.1 Å². The summed E-state index contributed by atoms with van der Waals surface area (Å²) >= 11 is 3.26. The van der Waals surface area contributed by atoms with Gasteiger partial charge in [-0.3, -0.25) is 0 Å². The molecule has 0 aliphatic carbocycles. The number of hydrogen-bond acceptors (Lipinski definition) is 2. The molecule has 1 rings (SSSR count). The lowest BCUT2D eigenvalue weighted by atomic mass is 10.3. The van der Waals surface area contributed by atoms with Crippen molar-refractivity contribution in [2.24, 2.45) is 0 Å². The number of halogens is 1. The lowest BCUT2D eigenvalue weighted by Gasteiger charge is -2.04. The van der Waals surface area contributed by atoms with Crippen molar-refractivity contribution < 1.29 is 8.85 Å². The minimum absolute atomic E-state index is 0.497. The summed E-state index contributed by atoms with van der Waals surface area (Å²) < 4.78 is 26.9. The van der Waals surface area contributed by atoms with E-state index in [-0.39, 0.29) is 0 Å². The zero-order valence-electron chi connectivity index (χ0n) is 9.02. The van der Waals surface area contributed by atoms with Crippen molar-refractivity contribution in [3.8, 4) is 5.75 Å². The standard InChI is InChI=1S/C8H10BrNO/c1-10-7-3-6(9)4-8(5-7)11-2/h3-5,10H,1-2H3/i1D3. The zero-order valence-corrected chi connectivity index (χ0v) is 7.60. The van der Waals surface area contributed by atoms with E-state index in [4.69, 9.17) is 8.85 Å². The van der Waals surface area contributed by atoms with Crippen LogP contribution in [0.2, 0.25) is 0 Å². The maximum Gasteiger partial charge on any atom is 0.122 e. The van der Waals surface area contributed by atoms with Crippen LogP contribution in [0.15, 0.2) is 22.7 Å². The van der Waals surface area contributed by atoms with Gasteiger partial charge in [0.25, 0.3) is 0 Å². The van der Waals surface area contributed by atoms with Crippen molar-refractivity contribution in [2.45, 2.75) is 0 Å². The molecule has 0 amide bonds. The van der Waals surface area contributed by atoms with Crippen LogP contribution < -0.4 is 10.1 Å². The Bertz CT molecular complexity index is 327. The Hall–Kier alpha value is -0.700. The van der Waals surface area contributed by atoms with Crippen LogP contribution in [0.3, 0.4) is 0 Å². The van der Waals surface area contributed by atoms with Gasteiger partial charge in [0.15, 0.2) is 0 Å². The van der Waals surface area contributed by atoms with Crippen LogP contribution in [0.5, 0.6) is 5.75 Å². The largest absolute Gasteiger partial charge is 0.497 e. The molecule has 0 radical (unpaired) electrons. The normalized spacial score (nSPS) is 14.5. The van der Waals surface area contributed by atoms with Gasteiger partial charge in [-0.2, -0.15) is 0 Å². The second-order valence-electron chi connectivity index (χ2n) is 2.00. The van der Waals surface area contributed by atoms with E-state index in [9.17, 15) is 0 Å². The number of anilines is 1. The molecule has 0 saturated heterocycles. The minimum Gasteiger partial charge on any atom is -0.497 e. The topological polar surface area (TPSA) is 21.3 Å². The SMILES string of the molecule is [2H]C([2H])([2H])Nc1cc(Br)cc(OC)c1. The Morgan fingerprint density at radius 3 is 3.00 bits per heavy atom. The lowest BCUT2D eigenvalue weighted by Crippen LogP contribution is -1.89. The predicted octanol–water partition coefficient (Wildman–Crippen LogP) is 2.50. The fourth-order valence-corrected chi connectivity index (χ4v) is 1.22. The van der Waals surface area contributed by atoms with E-state index in [0.717, 1.165) is 4.47 Å². The van der Waals surface area contributed by atoms with Gasteiger partial charge in [-0.25, -0.2) is 0 Å². The van der Waals surface area contributed by atoms with Gasteiger partial charge in [0.05, 0.1) is 7.11 Å². The Labute approximate surface area is 78.9 Å². The van der Waals surface area contributed by atoms with Crippen LogP contribution in [0.1, 0.15) is 4.11 Å². The highest BCUT2D eigenvalue weighted by Crippen LogP contribution is 2.23. The average Bonchev–Trinajstić information content (AvgIpc) is 1.99. The maximum absolute atomic E-state index is 7.03. The van der Waals surface area contributed by atoms with E-state index in [1.807, 2.05) is 0 Å². The first-order chi connectivity index (χ1) is 6.40. The van der Waals surface area contributed by atoms with Gasteiger partial charge in [0.1, 0.15) is 5.75 Å². The van der Waals surface area contributed by atoms with Crippen molar-refractivity contribution >= 4 is 21.6 Å². The van der Waals surface area contributed by atoms with E-state index in [1.165, 1.54) is 7.11 Å². The molecular weight excluding hydrogens is 206 g/mol. The van der Waals surface area contributed by atoms with Crippen LogP contribution in [0, 0.1) is 0 Å². The van der Waals surface area contributed by atoms with Gasteiger partial charge in [0.2, 0.25) is 0 Å². The Balaban J connectivity index is 2.92. The van der Waals surface area contributed by atoms with Gasteiger partial charge in [-0.15, -0.1) is 0 Å². The van der Waals surface area contributed by atoms with Crippen molar-refractivity contribution in [1.29, 1.82) is 0 Å². The molecule has 0 aliphatic heterocycles. The number of ether oxygens (including phenoxy) is 1. The van der Waals surface area contributed by atoms with Crippen LogP contribution in [-0.2, 0) is 0 Å². The van der Waals surface area contributed by atoms with E-state index in [0.29, 0.717) is 11.4 Å². The van der Waals surface area contributed by atoms with Gasteiger partial charge in [0, 0.05) is 27.3 Å². The highest BCUT2D eigenvalue weighted by Gasteiger charge is 1.96. The van der Waals surface area contributed by atoms with E-state index < -0.39 is 6.98 Å². The molecule has 1 aromatic rings. The van der Waals surface area contributed by atoms with Crippen LogP contribution in [0.25, 0.3) is 0 Å². The second kappa shape index (κ2) is 3.62. The summed E-state index contributed by atoms with van der Waals surface area (Å²) in [5.41, 5.74) is 0.497. The van der Waals surface area contributed by atoms with Crippen LogP contribution in [0.4, 0.5) is 5.69 Å². The molecule has 0 saturated carbocycles. The Morgan fingerprint density at radius 1 is 1.55 bits per heavy atom. The van der Waals surface area contributed by atoms with E-state index in [2.05, 4.69) is 21.2 Å². The lowest BCUT2D eigenvalue weighted by molar-refractivity contribution is 0.414. The minimum atomic E-state index is -2.19. The van der Waals surface area contributed by atoms with Crippen molar-refractivity contribution in [1.82, 2.24) is 0 Å². The molecule has 1 N–H and O–H groups in total. The third-order valence-corrected chi connectivity index (χ3v) is 1.71. The summed E-state index contributed by atoms with van der Waals surface area (Å²) in [4.78, 5) is 0. The number of rotatable bonds is 2. The molecule has 3 heteroatoms. The van der Waals surface area contributed by atoms with Gasteiger partial charge >= 0.3 is 0 Å². The first kappa shape index (κ1) is 5.04. The smallest absolute Gasteiger partial charge is 0.122 e. The molecule has 0 aliphatic rings. The fourth-order valence-electron chi connectivity index (χ4n) is 0.753. The highest BCUT2D eigenvalue weighted by atomic mass is 79.9. The summed E-state index contributed by atoms with van der Waals surface area (Å²) in [6.07, 6.45) is 0. The molecule has 0 spiro atoms. The molecule has 0 heterocycles. The molecule has 0 aromatic heterocycles. The Morgan fingerprint density at radius 2 is 2.36 bits per heavy atom. The quantitative estimate of drug-likeness (QED) is 0.824. The van der Waals surface area contributed by atoms with Crippen molar-refractivity contribution in [3.05, 3.63) is 22.7 Å². The number of benzene rings is 1. The number of hydrogen-bond donors (Lipinski definition) is 1. The van der Waals surface area contributed by atoms with Crippen LogP contribution in [-0.4, -0.2) is 14.1 Å². The van der Waals surface area contributed by atoms with Gasteiger partial charge < -0.3 is 10.1 Å². The van der Waals surface area contributed by atoms with E-state index >= 15 is 0 Å². The van der Waals surface area contributed by atoms with Gasteiger partial charge in [-0.1, -0.05) is 15.9 Å². The summed E-state index contributed by atoms with van der Waals surface area (Å²) in [5, 5.41) is 2.39. The summed E-state index contributed by atoms with van der Waals surface area (Å²) in [5.74, 6) is 0.603. The number of methoxy groups -OCH3 is 1. The first-order valence-electron chi connectivity index (χ1n) is 4.53. The molecule has 60 valence electrons. The molecule has 0 unspecified atom stereocenters. The maximum atomic E-state index is 7.03. The molecule has 0 bridgehead atoms. The molecule has 2 nitrogen and oxygen atoms in total. The van der Waals surface area contributed by atoms with Crippen LogP contribution >= 0.6 is 15.9 Å². The fraction of sp³-hybridized carbons (Fsp3) is 0.250. The third kappa shape index (κ3) is 2.12. The molecule has 1 aromatic carbocycles. The predicted molar refractivity (Wildman–Crippen MR) is 50.2 cm³/mol. The summed E-state index contributed by atoms with van der Waals surface area (Å²) in [7, 11) is 1.53. The van der Waals surface area contributed by atoms with Crippen molar-refractivity contribution in [2.75, 3.05) is 19.4 Å². The zero-order chi connectivity index (χ0) is 10.8. The average molecular weight is 219 g/mol. The third-order valence-electron chi connectivity index (χ3n) is 1.25. The first-order valence-corrected chi connectivity index (χ1v) is 3.83. The molecule has 11 heavy (non-hydrogen) atoms. The van der Waals surface area contributed by atoms with Crippen molar-refractivity contribution in [3.63, 3.8) is 0 Å². The monoisotopic (exact) mass is 218 g/mol. The molecule has 0 atom stereocenters. The summed E-state index contributed by atoms with van der Waals surface area (Å²) in [6, 6.07) is 5.05. The van der Waals surface area contributed by atoms with E-state index in [1.54, 1.807) is 18.2 Å². The molecular formula is C8H10BrNO. The summed E-state index contributed by atoms with van der Waals surface area (Å²) in [6.45, 7) is -2.19. The highest BCUT2D eigenvalue weighted by molar-refractivity contribution is 9.10. The Kier molecular flexibility index (Phi) is 1.66. The molecule has 0 fully saturated rings.